The van der Waals surface area contributed by atoms with Crippen LogP contribution < -0.4 is 0 Å². The number of hydrogen-bond donors (Lipinski definition) is 1. The minimum absolute atomic E-state index is 0.0638. The van der Waals surface area contributed by atoms with Gasteiger partial charge >= 0.3 is 0 Å². The molecular weight excluding hydrogens is 288 g/mol. The second-order valence-corrected chi connectivity index (χ2v) is 8.70. The van der Waals surface area contributed by atoms with Crippen molar-refractivity contribution < 1.29 is 14.7 Å². The smallest absolute Gasteiger partial charge is 0.178 e. The fourth-order valence-corrected chi connectivity index (χ4v) is 6.52. The van der Waals surface area contributed by atoms with Gasteiger partial charge in [0.2, 0.25) is 0 Å². The lowest BCUT2D eigenvalue weighted by Crippen LogP contribution is -2.57. The number of aliphatic hydroxyl groups is 1. The van der Waals surface area contributed by atoms with Crippen LogP contribution in [0.5, 0.6) is 0 Å². The third kappa shape index (κ3) is 1.86. The van der Waals surface area contributed by atoms with Crippen molar-refractivity contribution in [3.63, 3.8) is 0 Å². The third-order valence-corrected chi connectivity index (χ3v) is 7.53. The molecule has 0 radical (unpaired) electrons. The molecule has 7 atom stereocenters. The summed E-state index contributed by atoms with van der Waals surface area (Å²) in [7, 11) is 0. The van der Waals surface area contributed by atoms with Crippen molar-refractivity contribution in [2.45, 2.75) is 52.6 Å². The number of aliphatic hydroxyl groups excluding tert-OH is 1. The zero-order valence-corrected chi connectivity index (χ0v) is 14.2. The van der Waals surface area contributed by atoms with Crippen LogP contribution in [0.2, 0.25) is 0 Å². The standard InChI is InChI=1S/C20H26O3/c1-11-8-13-14-4-5-17(23)20(14,3)10-16(22)18(13)19(2)7-6-12(21)9-15(11)19/h6-7,9,11,13-14,16,18,22H,4-5,8,10H2,1-3H3/t11-,13-,14-,16-,18+,19-,20-/m0/s1. The quantitative estimate of drug-likeness (QED) is 0.747. The predicted octanol–water partition coefficient (Wildman–Crippen LogP) is 3.08. The van der Waals surface area contributed by atoms with E-state index in [1.807, 2.05) is 6.08 Å². The Morgan fingerprint density at radius 1 is 1.26 bits per heavy atom. The topological polar surface area (TPSA) is 54.4 Å². The van der Waals surface area contributed by atoms with Gasteiger partial charge < -0.3 is 5.11 Å². The maximum absolute atomic E-state index is 12.5. The van der Waals surface area contributed by atoms with Gasteiger partial charge in [0, 0.05) is 23.2 Å². The maximum Gasteiger partial charge on any atom is 0.178 e. The van der Waals surface area contributed by atoms with Crippen LogP contribution in [0.3, 0.4) is 0 Å². The summed E-state index contributed by atoms with van der Waals surface area (Å²) in [4.78, 5) is 24.3. The third-order valence-electron chi connectivity index (χ3n) is 7.53. The summed E-state index contributed by atoms with van der Waals surface area (Å²) in [6.45, 7) is 6.45. The number of carbonyl (C=O) groups is 2. The van der Waals surface area contributed by atoms with Gasteiger partial charge in [-0.1, -0.05) is 32.4 Å². The Morgan fingerprint density at radius 3 is 2.74 bits per heavy atom. The molecule has 4 rings (SSSR count). The first kappa shape index (κ1) is 15.3. The lowest BCUT2D eigenvalue weighted by atomic mass is 9.46. The van der Waals surface area contributed by atoms with E-state index in [0.29, 0.717) is 36.4 Å². The molecule has 3 fully saturated rings. The largest absolute Gasteiger partial charge is 0.393 e. The summed E-state index contributed by atoms with van der Waals surface area (Å²) in [5.41, 5.74) is 0.590. The van der Waals surface area contributed by atoms with Crippen molar-refractivity contribution >= 4 is 11.6 Å². The van der Waals surface area contributed by atoms with E-state index >= 15 is 0 Å². The van der Waals surface area contributed by atoms with Crippen molar-refractivity contribution in [1.82, 2.24) is 0 Å². The SMILES string of the molecule is C[C@H]1C[C@@H]2[C@H]([C@@H](O)C[C@]3(C)C(=O)CC[C@@H]23)[C@@]2(C)C=CC(=O)C=C12. The van der Waals surface area contributed by atoms with E-state index in [1.165, 1.54) is 5.57 Å². The van der Waals surface area contributed by atoms with Crippen molar-refractivity contribution in [2.75, 3.05) is 0 Å². The van der Waals surface area contributed by atoms with Crippen LogP contribution in [0.25, 0.3) is 0 Å². The van der Waals surface area contributed by atoms with E-state index in [0.717, 1.165) is 12.8 Å². The highest BCUT2D eigenvalue weighted by Gasteiger charge is 2.62. The fraction of sp³-hybridized carbons (Fsp3) is 0.700. The Morgan fingerprint density at radius 2 is 2.00 bits per heavy atom. The number of Topliss-reactive ketones (excluding diaryl/α,β-unsaturated/α-hetero) is 1. The molecule has 0 spiro atoms. The van der Waals surface area contributed by atoms with Gasteiger partial charge in [0.1, 0.15) is 5.78 Å². The van der Waals surface area contributed by atoms with Crippen molar-refractivity contribution in [3.8, 4) is 0 Å². The number of hydrogen-bond acceptors (Lipinski definition) is 3. The minimum atomic E-state index is -0.470. The molecule has 4 aliphatic rings. The van der Waals surface area contributed by atoms with Gasteiger partial charge in [-0.25, -0.2) is 0 Å². The van der Waals surface area contributed by atoms with E-state index in [4.69, 9.17) is 0 Å². The second-order valence-electron chi connectivity index (χ2n) is 8.70. The Labute approximate surface area is 137 Å². The minimum Gasteiger partial charge on any atom is -0.393 e. The average molecular weight is 314 g/mol. The number of rotatable bonds is 0. The molecule has 0 saturated heterocycles. The number of allylic oxidation sites excluding steroid dienone is 4. The van der Waals surface area contributed by atoms with Gasteiger partial charge in [0.05, 0.1) is 6.10 Å². The highest BCUT2D eigenvalue weighted by atomic mass is 16.3. The average Bonchev–Trinajstić information content (AvgIpc) is 2.76. The molecule has 0 bridgehead atoms. The van der Waals surface area contributed by atoms with Gasteiger partial charge in [-0.3, -0.25) is 9.59 Å². The van der Waals surface area contributed by atoms with Gasteiger partial charge in [0.25, 0.3) is 0 Å². The highest BCUT2D eigenvalue weighted by Crippen LogP contribution is 2.64. The molecular formula is C20H26O3. The van der Waals surface area contributed by atoms with Crippen LogP contribution in [0.15, 0.2) is 23.8 Å². The van der Waals surface area contributed by atoms with Gasteiger partial charge in [-0.05, 0) is 49.2 Å². The fourth-order valence-electron chi connectivity index (χ4n) is 6.52. The first-order valence-electron chi connectivity index (χ1n) is 8.94. The first-order valence-corrected chi connectivity index (χ1v) is 8.94. The molecule has 124 valence electrons. The molecule has 0 unspecified atom stereocenters. The first-order chi connectivity index (χ1) is 10.8. The molecule has 0 aromatic rings. The van der Waals surface area contributed by atoms with Crippen LogP contribution in [-0.2, 0) is 9.59 Å². The number of ketones is 2. The Kier molecular flexibility index (Phi) is 3.10. The summed E-state index contributed by atoms with van der Waals surface area (Å²) in [5.74, 6) is 1.61. The molecule has 4 aliphatic carbocycles. The summed E-state index contributed by atoms with van der Waals surface area (Å²) in [5, 5.41) is 11.0. The van der Waals surface area contributed by atoms with Gasteiger partial charge in [-0.15, -0.1) is 0 Å². The Hall–Kier alpha value is -1.22. The van der Waals surface area contributed by atoms with E-state index in [9.17, 15) is 14.7 Å². The maximum atomic E-state index is 12.5. The van der Waals surface area contributed by atoms with E-state index in [-0.39, 0.29) is 22.5 Å². The Bertz CT molecular complexity index is 645. The predicted molar refractivity (Wildman–Crippen MR) is 87.6 cm³/mol. The lowest BCUT2D eigenvalue weighted by Gasteiger charge is -2.58. The van der Waals surface area contributed by atoms with E-state index < -0.39 is 6.10 Å². The highest BCUT2D eigenvalue weighted by molar-refractivity contribution is 6.01. The second kappa shape index (κ2) is 4.66. The summed E-state index contributed by atoms with van der Waals surface area (Å²) < 4.78 is 0. The molecule has 23 heavy (non-hydrogen) atoms. The molecule has 0 aromatic heterocycles. The number of carbonyl (C=O) groups excluding carboxylic acids is 2. The molecule has 3 heteroatoms. The summed E-state index contributed by atoms with van der Waals surface area (Å²) in [6.07, 6.45) is 8.21. The van der Waals surface area contributed by atoms with Crippen LogP contribution in [0, 0.1) is 34.5 Å². The van der Waals surface area contributed by atoms with Crippen LogP contribution >= 0.6 is 0 Å². The van der Waals surface area contributed by atoms with Gasteiger partial charge in [-0.2, -0.15) is 0 Å². The molecule has 3 saturated carbocycles. The lowest BCUT2D eigenvalue weighted by molar-refractivity contribution is -0.144. The number of fused-ring (bicyclic) bond motifs is 5. The zero-order valence-electron chi connectivity index (χ0n) is 14.2. The molecule has 0 heterocycles. The van der Waals surface area contributed by atoms with E-state index in [2.05, 4.69) is 20.8 Å². The monoisotopic (exact) mass is 314 g/mol. The van der Waals surface area contributed by atoms with Crippen LogP contribution in [-0.4, -0.2) is 22.8 Å². The molecule has 1 N–H and O–H groups in total. The van der Waals surface area contributed by atoms with Crippen molar-refractivity contribution in [1.29, 1.82) is 0 Å². The molecule has 0 amide bonds. The van der Waals surface area contributed by atoms with Gasteiger partial charge in [0.15, 0.2) is 5.78 Å². The van der Waals surface area contributed by atoms with E-state index in [1.54, 1.807) is 12.2 Å². The van der Waals surface area contributed by atoms with Crippen LogP contribution in [0.4, 0.5) is 0 Å². The normalized spacial score (nSPS) is 51.8. The Balaban J connectivity index is 1.81. The summed E-state index contributed by atoms with van der Waals surface area (Å²) >= 11 is 0. The molecule has 0 aromatic carbocycles. The van der Waals surface area contributed by atoms with Crippen molar-refractivity contribution in [3.05, 3.63) is 23.8 Å². The molecule has 3 nitrogen and oxygen atoms in total. The molecule has 0 aliphatic heterocycles. The summed E-state index contributed by atoms with van der Waals surface area (Å²) in [6, 6.07) is 0. The van der Waals surface area contributed by atoms with Crippen molar-refractivity contribution in [2.24, 2.45) is 34.5 Å². The zero-order chi connectivity index (χ0) is 16.6. The van der Waals surface area contributed by atoms with Crippen LogP contribution in [0.1, 0.15) is 46.5 Å².